The number of phenolic OH excluding ortho intramolecular Hbond substituents is 1. The molecule has 0 aliphatic heterocycles. The van der Waals surface area contributed by atoms with E-state index in [4.69, 9.17) is 0 Å². The van der Waals surface area contributed by atoms with Crippen LogP contribution in [0.2, 0.25) is 0 Å². The van der Waals surface area contributed by atoms with E-state index in [2.05, 4.69) is 0 Å². The zero-order chi connectivity index (χ0) is 20.9. The van der Waals surface area contributed by atoms with E-state index in [1.165, 1.54) is 22.8 Å². The summed E-state index contributed by atoms with van der Waals surface area (Å²) in [5, 5.41) is 20.1. The molecule has 1 fully saturated rings. The maximum absolute atomic E-state index is 14.1. The van der Waals surface area contributed by atoms with Gasteiger partial charge in [0, 0.05) is 22.7 Å². The van der Waals surface area contributed by atoms with Crippen LogP contribution in [-0.4, -0.2) is 26.7 Å². The van der Waals surface area contributed by atoms with Crippen molar-refractivity contribution in [3.05, 3.63) is 64.9 Å². The molecule has 4 rings (SSSR count). The second-order valence-corrected chi connectivity index (χ2v) is 7.48. The predicted octanol–water partition coefficient (Wildman–Crippen LogP) is 4.59. The molecule has 0 bridgehead atoms. The van der Waals surface area contributed by atoms with Crippen molar-refractivity contribution >= 4 is 22.8 Å². The van der Waals surface area contributed by atoms with Gasteiger partial charge >= 0.3 is 5.97 Å². The van der Waals surface area contributed by atoms with Crippen LogP contribution in [-0.2, 0) is 4.79 Å². The first kappa shape index (κ1) is 19.1. The van der Waals surface area contributed by atoms with Gasteiger partial charge in [-0.05, 0) is 55.5 Å². The molecule has 0 saturated heterocycles. The summed E-state index contributed by atoms with van der Waals surface area (Å²) >= 11 is 0. The smallest absolute Gasteiger partial charge is 0.311 e. The Kier molecular flexibility index (Phi) is 4.61. The van der Waals surface area contributed by atoms with Crippen LogP contribution < -0.4 is 0 Å². The molecule has 5 nitrogen and oxygen atoms in total. The number of hydrogen-bond donors (Lipinski definition) is 2. The molecule has 1 aromatic heterocycles. The molecule has 0 radical (unpaired) electrons. The summed E-state index contributed by atoms with van der Waals surface area (Å²) in [4.78, 5) is 25.2. The van der Waals surface area contributed by atoms with Gasteiger partial charge < -0.3 is 10.2 Å². The summed E-state index contributed by atoms with van der Waals surface area (Å²) in [6.07, 6.45) is 2.41. The first-order valence-electron chi connectivity index (χ1n) is 9.36. The summed E-state index contributed by atoms with van der Waals surface area (Å²) in [6, 6.07) is 7.29. The van der Waals surface area contributed by atoms with Crippen molar-refractivity contribution in [2.24, 2.45) is 5.92 Å². The van der Waals surface area contributed by atoms with Crippen molar-refractivity contribution in [1.82, 2.24) is 4.57 Å². The van der Waals surface area contributed by atoms with Crippen molar-refractivity contribution in [3.8, 4) is 5.75 Å². The number of aromatic hydroxyl groups is 1. The number of carbonyl (C=O) groups excluding carboxylic acids is 1. The number of nitrogens with zero attached hydrogens (tertiary/aromatic N) is 1. The van der Waals surface area contributed by atoms with E-state index < -0.39 is 35.2 Å². The number of rotatable bonds is 4. The lowest BCUT2D eigenvalue weighted by molar-refractivity contribution is -0.141. The number of carboxylic acids is 1. The lowest BCUT2D eigenvalue weighted by atomic mass is 9.72. The third-order valence-corrected chi connectivity index (χ3v) is 5.79. The summed E-state index contributed by atoms with van der Waals surface area (Å²) in [5.41, 5.74) is 0.934. The standard InChI is InChI=1S/C22H19F2NO4/c1-11-19(20(22(28)29)12-4-2-5-12)15-9-18(26)16(24)10-17(15)25(11)21(27)13-6-3-7-14(23)8-13/h3,6-10,12,20,26H,2,4-5H2,1H3,(H,28,29). The van der Waals surface area contributed by atoms with Gasteiger partial charge in [0.05, 0.1) is 11.4 Å². The molecule has 0 spiro atoms. The van der Waals surface area contributed by atoms with Gasteiger partial charge in [-0.15, -0.1) is 0 Å². The Morgan fingerprint density at radius 1 is 1.17 bits per heavy atom. The Morgan fingerprint density at radius 2 is 1.90 bits per heavy atom. The van der Waals surface area contributed by atoms with Crippen molar-refractivity contribution in [2.45, 2.75) is 32.1 Å². The third kappa shape index (κ3) is 3.06. The number of aromatic nitrogens is 1. The SMILES string of the molecule is Cc1c(C(C(=O)O)C2CCC2)c2cc(O)c(F)cc2n1C(=O)c1cccc(F)c1. The van der Waals surface area contributed by atoms with Gasteiger partial charge in [-0.1, -0.05) is 12.5 Å². The Balaban J connectivity index is 2.00. The fourth-order valence-electron chi connectivity index (χ4n) is 4.19. The van der Waals surface area contributed by atoms with Crippen molar-refractivity contribution in [1.29, 1.82) is 0 Å². The van der Waals surface area contributed by atoms with Gasteiger partial charge in [-0.25, -0.2) is 8.78 Å². The number of halogens is 2. The molecule has 1 aliphatic carbocycles. The molecule has 0 amide bonds. The molecule has 2 aromatic carbocycles. The second-order valence-electron chi connectivity index (χ2n) is 7.48. The van der Waals surface area contributed by atoms with Gasteiger partial charge in [-0.3, -0.25) is 14.2 Å². The number of aliphatic carboxylic acids is 1. The predicted molar refractivity (Wildman–Crippen MR) is 102 cm³/mol. The Bertz CT molecular complexity index is 1150. The summed E-state index contributed by atoms with van der Waals surface area (Å²) in [5.74, 6) is -4.73. The minimum absolute atomic E-state index is 0.0561. The number of benzene rings is 2. The minimum Gasteiger partial charge on any atom is -0.505 e. The fourth-order valence-corrected chi connectivity index (χ4v) is 4.19. The topological polar surface area (TPSA) is 79.5 Å². The van der Waals surface area contributed by atoms with Crippen molar-refractivity contribution in [3.63, 3.8) is 0 Å². The first-order chi connectivity index (χ1) is 13.8. The molecule has 1 saturated carbocycles. The van der Waals surface area contributed by atoms with Crippen LogP contribution >= 0.6 is 0 Å². The number of carboxylic acid groups (broad SMARTS) is 1. The van der Waals surface area contributed by atoms with E-state index in [1.807, 2.05) is 0 Å². The molecule has 1 heterocycles. The average Bonchev–Trinajstić information content (AvgIpc) is 2.88. The number of phenols is 1. The van der Waals surface area contributed by atoms with E-state index >= 15 is 0 Å². The quantitative estimate of drug-likeness (QED) is 0.673. The summed E-state index contributed by atoms with van der Waals surface area (Å²) < 4.78 is 29.0. The van der Waals surface area contributed by atoms with Crippen LogP contribution in [0, 0.1) is 24.5 Å². The van der Waals surface area contributed by atoms with E-state index in [0.29, 0.717) is 16.6 Å². The van der Waals surface area contributed by atoms with E-state index in [0.717, 1.165) is 37.5 Å². The molecule has 3 aromatic rings. The Morgan fingerprint density at radius 3 is 2.48 bits per heavy atom. The monoisotopic (exact) mass is 399 g/mol. The normalized spacial score (nSPS) is 15.3. The van der Waals surface area contributed by atoms with Crippen LogP contribution in [0.5, 0.6) is 5.75 Å². The Hall–Kier alpha value is -3.22. The highest BCUT2D eigenvalue weighted by molar-refractivity contribution is 6.05. The molecular formula is C22H19F2NO4. The van der Waals surface area contributed by atoms with Crippen LogP contribution in [0.1, 0.15) is 46.8 Å². The highest BCUT2D eigenvalue weighted by atomic mass is 19.1. The van der Waals surface area contributed by atoms with E-state index in [1.54, 1.807) is 6.92 Å². The number of carbonyl (C=O) groups is 2. The molecule has 1 unspecified atom stereocenters. The van der Waals surface area contributed by atoms with Gasteiger partial charge in [0.1, 0.15) is 5.82 Å². The molecule has 7 heteroatoms. The third-order valence-electron chi connectivity index (χ3n) is 5.79. The molecule has 1 aliphatic rings. The molecule has 150 valence electrons. The zero-order valence-corrected chi connectivity index (χ0v) is 15.7. The maximum atomic E-state index is 14.1. The lowest BCUT2D eigenvalue weighted by Gasteiger charge is -2.31. The van der Waals surface area contributed by atoms with Gasteiger partial charge in [0.25, 0.3) is 5.91 Å². The largest absolute Gasteiger partial charge is 0.505 e. The van der Waals surface area contributed by atoms with Gasteiger partial charge in [0.2, 0.25) is 0 Å². The van der Waals surface area contributed by atoms with Crippen LogP contribution in [0.25, 0.3) is 10.9 Å². The minimum atomic E-state index is -1.03. The zero-order valence-electron chi connectivity index (χ0n) is 15.7. The van der Waals surface area contributed by atoms with Gasteiger partial charge in [-0.2, -0.15) is 0 Å². The molecule has 1 atom stereocenters. The van der Waals surface area contributed by atoms with Crippen molar-refractivity contribution < 1.29 is 28.6 Å². The van der Waals surface area contributed by atoms with Gasteiger partial charge in [0.15, 0.2) is 11.6 Å². The average molecular weight is 399 g/mol. The second kappa shape index (κ2) is 6.99. The molecular weight excluding hydrogens is 380 g/mol. The highest BCUT2D eigenvalue weighted by Crippen LogP contribution is 2.45. The molecule has 2 N–H and O–H groups in total. The fraction of sp³-hybridized carbons (Fsp3) is 0.273. The van der Waals surface area contributed by atoms with E-state index in [-0.39, 0.29) is 17.0 Å². The van der Waals surface area contributed by atoms with Crippen LogP contribution in [0.3, 0.4) is 0 Å². The Labute approximate surface area is 165 Å². The van der Waals surface area contributed by atoms with Crippen molar-refractivity contribution in [2.75, 3.05) is 0 Å². The van der Waals surface area contributed by atoms with Crippen LogP contribution in [0.15, 0.2) is 36.4 Å². The summed E-state index contributed by atoms with van der Waals surface area (Å²) in [6.45, 7) is 1.59. The molecule has 29 heavy (non-hydrogen) atoms. The van der Waals surface area contributed by atoms with E-state index in [9.17, 15) is 28.6 Å². The lowest BCUT2D eigenvalue weighted by Crippen LogP contribution is -2.27. The van der Waals surface area contributed by atoms with Crippen LogP contribution in [0.4, 0.5) is 8.78 Å². The first-order valence-corrected chi connectivity index (χ1v) is 9.36. The number of fused-ring (bicyclic) bond motifs is 1. The highest BCUT2D eigenvalue weighted by Gasteiger charge is 2.38. The maximum Gasteiger partial charge on any atom is 0.311 e. The number of hydrogen-bond acceptors (Lipinski definition) is 3. The summed E-state index contributed by atoms with van der Waals surface area (Å²) in [7, 11) is 0.